The molecular formula is C30H34. The molecule has 0 bridgehead atoms. The second-order valence-corrected chi connectivity index (χ2v) is 10.5. The number of rotatable bonds is 3. The van der Waals surface area contributed by atoms with Crippen LogP contribution in [0.3, 0.4) is 0 Å². The Kier molecular flexibility index (Phi) is 5.22. The third-order valence-corrected chi connectivity index (χ3v) is 5.93. The minimum absolute atomic E-state index is 0.300. The lowest BCUT2D eigenvalue weighted by Gasteiger charge is -2.19. The third kappa shape index (κ3) is 4.29. The average Bonchev–Trinajstić information content (AvgIpc) is 3.00. The first-order chi connectivity index (χ1) is 14.1. The van der Waals surface area contributed by atoms with E-state index in [2.05, 4.69) is 103 Å². The van der Waals surface area contributed by atoms with Crippen LogP contribution in [-0.2, 0) is 6.42 Å². The van der Waals surface area contributed by atoms with Crippen LogP contribution in [-0.4, -0.2) is 0 Å². The summed E-state index contributed by atoms with van der Waals surface area (Å²) < 4.78 is 0. The van der Waals surface area contributed by atoms with E-state index in [1.807, 2.05) is 0 Å². The Hall–Kier alpha value is -2.60. The van der Waals surface area contributed by atoms with E-state index in [0.717, 1.165) is 12.8 Å². The Morgan fingerprint density at radius 3 is 1.63 bits per heavy atom. The van der Waals surface area contributed by atoms with Gasteiger partial charge in [-0.3, -0.25) is 0 Å². The molecule has 0 radical (unpaired) electrons. The molecule has 0 fully saturated rings. The SMILES string of the molecule is Cc1cc(C)cc(-c2ccc(-c3cc(C)cc(C)c3)c3c2C=C(CC(C)(C)C)C3)c1. The molecule has 30 heavy (non-hydrogen) atoms. The van der Waals surface area contributed by atoms with E-state index in [-0.39, 0.29) is 0 Å². The summed E-state index contributed by atoms with van der Waals surface area (Å²) in [6.45, 7) is 15.8. The largest absolute Gasteiger partial charge is 0.0646 e. The lowest BCUT2D eigenvalue weighted by molar-refractivity contribution is 0.408. The molecule has 0 nitrogen and oxygen atoms in total. The highest BCUT2D eigenvalue weighted by Crippen LogP contribution is 2.43. The molecule has 0 heterocycles. The van der Waals surface area contributed by atoms with E-state index in [1.165, 1.54) is 55.6 Å². The zero-order chi connectivity index (χ0) is 21.6. The maximum absolute atomic E-state index is 2.49. The molecule has 0 aromatic heterocycles. The van der Waals surface area contributed by atoms with Gasteiger partial charge in [-0.1, -0.05) is 103 Å². The highest BCUT2D eigenvalue weighted by molar-refractivity contribution is 5.87. The van der Waals surface area contributed by atoms with Crippen LogP contribution < -0.4 is 0 Å². The number of aryl methyl sites for hydroxylation is 4. The first-order valence-corrected chi connectivity index (χ1v) is 11.1. The molecule has 4 rings (SSSR count). The van der Waals surface area contributed by atoms with Crippen LogP contribution in [0.15, 0.2) is 54.1 Å². The van der Waals surface area contributed by atoms with Crippen molar-refractivity contribution in [2.24, 2.45) is 5.41 Å². The maximum atomic E-state index is 2.49. The van der Waals surface area contributed by atoms with Crippen LogP contribution in [0.4, 0.5) is 0 Å². The predicted molar refractivity (Wildman–Crippen MR) is 132 cm³/mol. The van der Waals surface area contributed by atoms with E-state index >= 15 is 0 Å². The van der Waals surface area contributed by atoms with Gasteiger partial charge in [0, 0.05) is 0 Å². The van der Waals surface area contributed by atoms with E-state index in [9.17, 15) is 0 Å². The topological polar surface area (TPSA) is 0 Å². The Labute approximate surface area is 182 Å². The summed E-state index contributed by atoms with van der Waals surface area (Å²) in [7, 11) is 0. The molecule has 154 valence electrons. The molecule has 3 aromatic rings. The van der Waals surface area contributed by atoms with Crippen molar-refractivity contribution in [3.05, 3.63) is 87.5 Å². The molecule has 0 unspecified atom stereocenters. The highest BCUT2D eigenvalue weighted by atomic mass is 14.3. The van der Waals surface area contributed by atoms with Gasteiger partial charge in [-0.05, 0) is 79.3 Å². The predicted octanol–water partition coefficient (Wildman–Crippen LogP) is 8.63. The minimum atomic E-state index is 0.300. The summed E-state index contributed by atoms with van der Waals surface area (Å²) in [6.07, 6.45) is 4.69. The summed E-state index contributed by atoms with van der Waals surface area (Å²) in [5.41, 5.74) is 15.5. The van der Waals surface area contributed by atoms with Crippen molar-refractivity contribution < 1.29 is 0 Å². The lowest BCUT2D eigenvalue weighted by Crippen LogP contribution is -2.06. The van der Waals surface area contributed by atoms with Crippen LogP contribution >= 0.6 is 0 Å². The first-order valence-electron chi connectivity index (χ1n) is 11.1. The fourth-order valence-electron chi connectivity index (χ4n) is 5.08. The van der Waals surface area contributed by atoms with Crippen molar-refractivity contribution in [2.75, 3.05) is 0 Å². The summed E-state index contributed by atoms with van der Waals surface area (Å²) in [5, 5.41) is 0. The summed E-state index contributed by atoms with van der Waals surface area (Å²) in [6, 6.07) is 18.5. The van der Waals surface area contributed by atoms with E-state index < -0.39 is 0 Å². The number of hydrogen-bond donors (Lipinski definition) is 0. The molecule has 0 amide bonds. The molecule has 3 aromatic carbocycles. The normalized spacial score (nSPS) is 13.4. The van der Waals surface area contributed by atoms with Crippen molar-refractivity contribution in [1.82, 2.24) is 0 Å². The third-order valence-electron chi connectivity index (χ3n) is 5.93. The number of hydrogen-bond acceptors (Lipinski definition) is 0. The fourth-order valence-corrected chi connectivity index (χ4v) is 5.08. The molecule has 0 spiro atoms. The van der Waals surface area contributed by atoms with Crippen molar-refractivity contribution in [2.45, 2.75) is 61.3 Å². The van der Waals surface area contributed by atoms with Crippen LogP contribution in [0.2, 0.25) is 0 Å². The maximum Gasteiger partial charge on any atom is -0.00512 e. The smallest absolute Gasteiger partial charge is 0.00512 e. The Bertz CT molecular complexity index is 1110. The second-order valence-electron chi connectivity index (χ2n) is 10.5. The lowest BCUT2D eigenvalue weighted by atomic mass is 9.86. The van der Waals surface area contributed by atoms with Gasteiger partial charge < -0.3 is 0 Å². The summed E-state index contributed by atoms with van der Waals surface area (Å²) in [5.74, 6) is 0. The van der Waals surface area contributed by atoms with Gasteiger partial charge in [0.1, 0.15) is 0 Å². The molecule has 0 saturated carbocycles. The van der Waals surface area contributed by atoms with Gasteiger partial charge >= 0.3 is 0 Å². The van der Waals surface area contributed by atoms with E-state index in [4.69, 9.17) is 0 Å². The van der Waals surface area contributed by atoms with E-state index in [0.29, 0.717) is 5.41 Å². The minimum Gasteiger partial charge on any atom is -0.0646 e. The van der Waals surface area contributed by atoms with Gasteiger partial charge in [-0.15, -0.1) is 0 Å². The average molecular weight is 395 g/mol. The standard InChI is InChI=1S/C30H34/c1-19-10-20(2)13-24(12-19)26-8-9-27(25-14-21(3)11-22(4)15-25)29-17-23(16-28(26)29)18-30(5,6)7/h8-16H,17-18H2,1-7H3. The van der Waals surface area contributed by atoms with Gasteiger partial charge in [0.15, 0.2) is 0 Å². The van der Waals surface area contributed by atoms with Crippen LogP contribution in [0.25, 0.3) is 28.3 Å². The van der Waals surface area contributed by atoms with Crippen molar-refractivity contribution >= 4 is 6.08 Å². The fraction of sp³-hybridized carbons (Fsp3) is 0.333. The van der Waals surface area contributed by atoms with E-state index in [1.54, 1.807) is 5.57 Å². The molecule has 1 aliphatic rings. The number of allylic oxidation sites excluding steroid dienone is 1. The van der Waals surface area contributed by atoms with Crippen molar-refractivity contribution in [3.8, 4) is 22.3 Å². The number of fused-ring (bicyclic) bond motifs is 1. The second kappa shape index (κ2) is 7.58. The zero-order valence-corrected chi connectivity index (χ0v) is 19.6. The molecule has 0 atom stereocenters. The summed E-state index contributed by atoms with van der Waals surface area (Å²) >= 11 is 0. The van der Waals surface area contributed by atoms with Crippen molar-refractivity contribution in [3.63, 3.8) is 0 Å². The quantitative estimate of drug-likeness (QED) is 0.417. The van der Waals surface area contributed by atoms with Crippen LogP contribution in [0.1, 0.15) is 60.6 Å². The molecule has 0 saturated heterocycles. The zero-order valence-electron chi connectivity index (χ0n) is 19.6. The van der Waals surface area contributed by atoms with Crippen molar-refractivity contribution in [1.29, 1.82) is 0 Å². The van der Waals surface area contributed by atoms with Gasteiger partial charge in [-0.2, -0.15) is 0 Å². The number of benzene rings is 3. The monoisotopic (exact) mass is 394 g/mol. The van der Waals surface area contributed by atoms with Crippen LogP contribution in [0.5, 0.6) is 0 Å². The summed E-state index contributed by atoms with van der Waals surface area (Å²) in [4.78, 5) is 0. The van der Waals surface area contributed by atoms with Gasteiger partial charge in [-0.25, -0.2) is 0 Å². The van der Waals surface area contributed by atoms with Gasteiger partial charge in [0.2, 0.25) is 0 Å². The van der Waals surface area contributed by atoms with Crippen LogP contribution in [0, 0.1) is 33.1 Å². The molecule has 0 heteroatoms. The Balaban J connectivity index is 1.91. The highest BCUT2D eigenvalue weighted by Gasteiger charge is 2.24. The Morgan fingerprint density at radius 2 is 1.13 bits per heavy atom. The molecule has 1 aliphatic carbocycles. The molecule has 0 aliphatic heterocycles. The first kappa shape index (κ1) is 20.7. The Morgan fingerprint density at radius 1 is 0.667 bits per heavy atom. The molecular weight excluding hydrogens is 360 g/mol. The van der Waals surface area contributed by atoms with Gasteiger partial charge in [0.25, 0.3) is 0 Å². The molecule has 0 N–H and O–H groups in total. The van der Waals surface area contributed by atoms with Gasteiger partial charge in [0.05, 0.1) is 0 Å².